The van der Waals surface area contributed by atoms with Gasteiger partial charge in [0.15, 0.2) is 16.8 Å². The summed E-state index contributed by atoms with van der Waals surface area (Å²) in [6.07, 6.45) is 3.05. The molecule has 37 heavy (non-hydrogen) atoms. The molecule has 0 aliphatic heterocycles. The SMILES string of the molecule is COc1ccc(CN(c2ccon2)S(=O)c2ccc3c(-c4cc(F)c(Cl)cc4OC)nccc3c2)cc1. The number of fused-ring (bicyclic) bond motifs is 1. The lowest BCUT2D eigenvalue weighted by Gasteiger charge is -2.21. The van der Waals surface area contributed by atoms with Gasteiger partial charge in [0, 0.05) is 29.3 Å². The molecule has 0 N–H and O–H groups in total. The van der Waals surface area contributed by atoms with Crippen molar-refractivity contribution in [2.75, 3.05) is 18.5 Å². The van der Waals surface area contributed by atoms with Gasteiger partial charge in [-0.15, -0.1) is 0 Å². The van der Waals surface area contributed by atoms with Gasteiger partial charge in [0.25, 0.3) is 0 Å². The molecule has 0 bridgehead atoms. The Morgan fingerprint density at radius 2 is 1.84 bits per heavy atom. The summed E-state index contributed by atoms with van der Waals surface area (Å²) < 4.78 is 45.4. The van der Waals surface area contributed by atoms with Crippen LogP contribution in [0.4, 0.5) is 10.2 Å². The number of nitrogens with zero attached hydrogens (tertiary/aromatic N) is 3. The second-order valence-corrected chi connectivity index (χ2v) is 9.82. The average molecular weight is 538 g/mol. The lowest BCUT2D eigenvalue weighted by Crippen LogP contribution is -2.25. The Hall–Kier alpha value is -3.95. The summed E-state index contributed by atoms with van der Waals surface area (Å²) in [6.45, 7) is 0.323. The molecule has 2 heterocycles. The van der Waals surface area contributed by atoms with Gasteiger partial charge in [-0.25, -0.2) is 8.60 Å². The fourth-order valence-electron chi connectivity index (χ4n) is 3.95. The van der Waals surface area contributed by atoms with Crippen molar-refractivity contribution in [1.29, 1.82) is 0 Å². The van der Waals surface area contributed by atoms with Crippen LogP contribution in [0.25, 0.3) is 22.0 Å². The van der Waals surface area contributed by atoms with Crippen molar-refractivity contribution in [3.8, 4) is 22.8 Å². The molecule has 188 valence electrons. The van der Waals surface area contributed by atoms with Crippen molar-refractivity contribution in [2.24, 2.45) is 0 Å². The Kier molecular flexibility index (Phi) is 7.07. The molecule has 0 saturated carbocycles. The first-order chi connectivity index (χ1) is 18.0. The number of ether oxygens (including phenoxy) is 2. The number of hydrogen-bond acceptors (Lipinski definition) is 6. The van der Waals surface area contributed by atoms with Crippen molar-refractivity contribution >= 4 is 39.2 Å². The van der Waals surface area contributed by atoms with Crippen LogP contribution in [0, 0.1) is 5.82 Å². The van der Waals surface area contributed by atoms with E-state index in [2.05, 4.69) is 10.1 Å². The van der Waals surface area contributed by atoms with Gasteiger partial charge in [0.1, 0.15) is 23.6 Å². The van der Waals surface area contributed by atoms with E-state index in [9.17, 15) is 8.60 Å². The van der Waals surface area contributed by atoms with Crippen LogP contribution in [-0.2, 0) is 17.5 Å². The Morgan fingerprint density at radius 3 is 2.54 bits per heavy atom. The minimum absolute atomic E-state index is 0.0386. The number of pyridine rings is 1. The molecule has 1 unspecified atom stereocenters. The first kappa shape index (κ1) is 24.7. The summed E-state index contributed by atoms with van der Waals surface area (Å²) in [4.78, 5) is 5.02. The van der Waals surface area contributed by atoms with Crippen LogP contribution in [0.2, 0.25) is 5.02 Å². The Labute approximate surface area is 220 Å². The number of methoxy groups -OCH3 is 2. The highest BCUT2D eigenvalue weighted by atomic mass is 35.5. The van der Waals surface area contributed by atoms with Crippen molar-refractivity contribution in [2.45, 2.75) is 11.4 Å². The lowest BCUT2D eigenvalue weighted by atomic mass is 10.0. The largest absolute Gasteiger partial charge is 0.497 e. The molecule has 0 spiro atoms. The summed E-state index contributed by atoms with van der Waals surface area (Å²) in [6, 6.07) is 19.1. The fraction of sp³-hybridized carbons (Fsp3) is 0.111. The second kappa shape index (κ2) is 10.6. The Balaban J connectivity index is 1.53. The van der Waals surface area contributed by atoms with E-state index in [1.165, 1.54) is 25.5 Å². The molecule has 1 atom stereocenters. The highest BCUT2D eigenvalue weighted by Crippen LogP contribution is 2.37. The molecule has 7 nitrogen and oxygen atoms in total. The van der Waals surface area contributed by atoms with E-state index in [0.717, 1.165) is 22.1 Å². The number of aromatic nitrogens is 2. The van der Waals surface area contributed by atoms with Crippen molar-refractivity contribution in [3.05, 3.63) is 95.6 Å². The average Bonchev–Trinajstić information content (AvgIpc) is 3.47. The van der Waals surface area contributed by atoms with E-state index >= 15 is 0 Å². The van der Waals surface area contributed by atoms with E-state index in [-0.39, 0.29) is 5.02 Å². The maximum absolute atomic E-state index is 14.3. The van der Waals surface area contributed by atoms with Gasteiger partial charge < -0.3 is 14.0 Å². The maximum Gasteiger partial charge on any atom is 0.184 e. The maximum atomic E-state index is 14.3. The zero-order valence-corrected chi connectivity index (χ0v) is 21.4. The lowest BCUT2D eigenvalue weighted by molar-refractivity contribution is 0.414. The van der Waals surface area contributed by atoms with Gasteiger partial charge in [-0.1, -0.05) is 35.0 Å². The molecule has 5 rings (SSSR count). The molecular weight excluding hydrogens is 517 g/mol. The summed E-state index contributed by atoms with van der Waals surface area (Å²) in [5.74, 6) is 0.992. The molecule has 0 amide bonds. The standard InChI is InChI=1S/C27H21ClFN3O4S/c1-34-19-5-3-17(4-6-19)16-32(26-10-12-36-31-26)37(33)20-7-8-21-18(13-20)9-11-30-27(21)22-14-24(29)23(28)15-25(22)35-2/h3-15H,16H2,1-2H3. The minimum Gasteiger partial charge on any atom is -0.497 e. The quantitative estimate of drug-likeness (QED) is 0.227. The minimum atomic E-state index is -1.62. The van der Waals surface area contributed by atoms with Gasteiger partial charge in [-0.05, 0) is 47.3 Å². The highest BCUT2D eigenvalue weighted by Gasteiger charge is 2.21. The molecule has 10 heteroatoms. The molecule has 0 aliphatic rings. The van der Waals surface area contributed by atoms with E-state index < -0.39 is 16.8 Å². The fourth-order valence-corrected chi connectivity index (χ4v) is 5.30. The van der Waals surface area contributed by atoms with E-state index in [1.54, 1.807) is 29.7 Å². The summed E-state index contributed by atoms with van der Waals surface area (Å²) >= 11 is 5.94. The van der Waals surface area contributed by atoms with E-state index in [0.29, 0.717) is 34.3 Å². The van der Waals surface area contributed by atoms with Crippen molar-refractivity contribution in [1.82, 2.24) is 10.1 Å². The number of halogens is 2. The Morgan fingerprint density at radius 1 is 1.03 bits per heavy atom. The molecule has 0 radical (unpaired) electrons. The normalized spacial score (nSPS) is 11.9. The highest BCUT2D eigenvalue weighted by molar-refractivity contribution is 7.86. The number of anilines is 1. The monoisotopic (exact) mass is 537 g/mol. The molecule has 0 saturated heterocycles. The summed E-state index contributed by atoms with van der Waals surface area (Å²) in [7, 11) is 1.47. The number of hydrogen-bond donors (Lipinski definition) is 0. The van der Waals surface area contributed by atoms with Crippen LogP contribution in [-0.4, -0.2) is 28.6 Å². The first-order valence-corrected chi connectivity index (χ1v) is 12.6. The van der Waals surface area contributed by atoms with Gasteiger partial charge in [-0.2, -0.15) is 0 Å². The van der Waals surface area contributed by atoms with Crippen LogP contribution in [0.15, 0.2) is 88.6 Å². The van der Waals surface area contributed by atoms with E-state index in [4.69, 9.17) is 25.6 Å². The number of rotatable bonds is 8. The zero-order valence-electron chi connectivity index (χ0n) is 19.9. The van der Waals surface area contributed by atoms with Crippen molar-refractivity contribution < 1.29 is 22.6 Å². The van der Waals surface area contributed by atoms with Gasteiger partial charge >= 0.3 is 0 Å². The van der Waals surface area contributed by atoms with Crippen LogP contribution in [0.3, 0.4) is 0 Å². The topological polar surface area (TPSA) is 77.7 Å². The zero-order chi connectivity index (χ0) is 25.9. The van der Waals surface area contributed by atoms with Gasteiger partial charge in [-0.3, -0.25) is 9.29 Å². The summed E-state index contributed by atoms with van der Waals surface area (Å²) in [5.41, 5.74) is 1.91. The van der Waals surface area contributed by atoms with Gasteiger partial charge in [0.05, 0.1) is 36.4 Å². The summed E-state index contributed by atoms with van der Waals surface area (Å²) in [5, 5.41) is 5.49. The molecule has 5 aromatic rings. The smallest absolute Gasteiger partial charge is 0.184 e. The Bertz CT molecular complexity index is 1580. The second-order valence-electron chi connectivity index (χ2n) is 8.00. The first-order valence-electron chi connectivity index (χ1n) is 11.1. The number of benzene rings is 3. The van der Waals surface area contributed by atoms with Crippen LogP contribution < -0.4 is 13.8 Å². The van der Waals surface area contributed by atoms with Gasteiger partial charge in [0.2, 0.25) is 0 Å². The van der Waals surface area contributed by atoms with Crippen LogP contribution >= 0.6 is 11.6 Å². The predicted octanol–water partition coefficient (Wildman–Crippen LogP) is 6.43. The molecule has 0 fully saturated rings. The third kappa shape index (κ3) is 5.00. The van der Waals surface area contributed by atoms with E-state index in [1.807, 2.05) is 42.5 Å². The molecule has 2 aromatic heterocycles. The molecule has 0 aliphatic carbocycles. The van der Waals surface area contributed by atoms with Crippen LogP contribution in [0.5, 0.6) is 11.5 Å². The third-order valence-electron chi connectivity index (χ3n) is 5.80. The predicted molar refractivity (Wildman–Crippen MR) is 141 cm³/mol. The van der Waals surface area contributed by atoms with Crippen LogP contribution in [0.1, 0.15) is 5.56 Å². The molecule has 3 aromatic carbocycles. The molecular formula is C27H21ClFN3O4S. The third-order valence-corrected chi connectivity index (χ3v) is 7.46. The van der Waals surface area contributed by atoms with Crippen molar-refractivity contribution in [3.63, 3.8) is 0 Å².